The summed E-state index contributed by atoms with van der Waals surface area (Å²) in [5.41, 5.74) is 0.867. The zero-order chi connectivity index (χ0) is 16.4. The Morgan fingerprint density at radius 2 is 2.04 bits per heavy atom. The number of ether oxygens (including phenoxy) is 1. The molecule has 0 unspecified atom stereocenters. The Morgan fingerprint density at radius 3 is 2.78 bits per heavy atom. The van der Waals surface area contributed by atoms with E-state index in [9.17, 15) is 8.42 Å². The molecule has 2 aromatic carbocycles. The molecule has 0 saturated heterocycles. The fourth-order valence-electron chi connectivity index (χ4n) is 2.09. The third-order valence-corrected chi connectivity index (χ3v) is 6.12. The molecule has 0 aliphatic carbocycles. The first-order valence-electron chi connectivity index (χ1n) is 6.67. The molecular weight excluding hydrogens is 400 g/mol. The summed E-state index contributed by atoms with van der Waals surface area (Å²) in [6, 6.07) is 12.5. The van der Waals surface area contributed by atoms with E-state index >= 15 is 0 Å². The maximum atomic E-state index is 12.5. The number of thiazole rings is 1. The van der Waals surface area contributed by atoms with E-state index in [0.29, 0.717) is 15.2 Å². The maximum Gasteiger partial charge on any atom is 0.244 e. The van der Waals surface area contributed by atoms with Crippen LogP contribution in [0.1, 0.15) is 5.01 Å². The minimum Gasteiger partial charge on any atom is -0.495 e. The lowest BCUT2D eigenvalue weighted by atomic mass is 10.3. The predicted molar refractivity (Wildman–Crippen MR) is 94.3 cm³/mol. The minimum atomic E-state index is -3.70. The molecule has 0 spiro atoms. The van der Waals surface area contributed by atoms with E-state index < -0.39 is 10.0 Å². The molecular formula is C15H13BrN2O3S2. The van der Waals surface area contributed by atoms with Crippen molar-refractivity contribution in [1.29, 1.82) is 0 Å². The standard InChI is InChI=1S/C15H13BrN2O3S2/c1-21-12-7-6-10(16)8-14(12)23(19,20)17-9-15-18-11-4-2-3-5-13(11)22-15/h2-8,17H,9H2,1H3. The number of hydrogen-bond donors (Lipinski definition) is 1. The van der Waals surface area contributed by atoms with Crippen LogP contribution < -0.4 is 9.46 Å². The Labute approximate surface area is 146 Å². The number of fused-ring (bicyclic) bond motifs is 1. The van der Waals surface area contributed by atoms with Crippen LogP contribution in [0, 0.1) is 0 Å². The van der Waals surface area contributed by atoms with Gasteiger partial charge in [-0.25, -0.2) is 18.1 Å². The molecule has 5 nitrogen and oxygen atoms in total. The molecule has 23 heavy (non-hydrogen) atoms. The van der Waals surface area contributed by atoms with Gasteiger partial charge >= 0.3 is 0 Å². The molecule has 0 fully saturated rings. The first-order chi connectivity index (χ1) is 11.0. The van der Waals surface area contributed by atoms with Crippen molar-refractivity contribution in [3.8, 4) is 5.75 Å². The van der Waals surface area contributed by atoms with Crippen LogP contribution in [-0.2, 0) is 16.6 Å². The van der Waals surface area contributed by atoms with Crippen molar-refractivity contribution in [3.05, 3.63) is 51.9 Å². The number of benzene rings is 2. The Kier molecular flexibility index (Phi) is 4.67. The van der Waals surface area contributed by atoms with Gasteiger partial charge in [0.2, 0.25) is 10.0 Å². The highest BCUT2D eigenvalue weighted by atomic mass is 79.9. The number of methoxy groups -OCH3 is 1. The van der Waals surface area contributed by atoms with Gasteiger partial charge < -0.3 is 4.74 Å². The van der Waals surface area contributed by atoms with E-state index in [0.717, 1.165) is 10.2 Å². The Hall–Kier alpha value is -1.48. The zero-order valence-electron chi connectivity index (χ0n) is 12.1. The summed E-state index contributed by atoms with van der Waals surface area (Å²) in [5.74, 6) is 0.296. The Balaban J connectivity index is 1.85. The lowest BCUT2D eigenvalue weighted by Crippen LogP contribution is -2.23. The van der Waals surface area contributed by atoms with E-state index in [-0.39, 0.29) is 11.4 Å². The van der Waals surface area contributed by atoms with Crippen LogP contribution in [0.4, 0.5) is 0 Å². The van der Waals surface area contributed by atoms with Crippen molar-refractivity contribution in [2.45, 2.75) is 11.4 Å². The van der Waals surface area contributed by atoms with Gasteiger partial charge in [0.1, 0.15) is 15.7 Å². The van der Waals surface area contributed by atoms with E-state index in [2.05, 4.69) is 25.6 Å². The fourth-order valence-corrected chi connectivity index (χ4v) is 4.78. The lowest BCUT2D eigenvalue weighted by Gasteiger charge is -2.10. The highest BCUT2D eigenvalue weighted by Gasteiger charge is 2.20. The highest BCUT2D eigenvalue weighted by molar-refractivity contribution is 9.10. The summed E-state index contributed by atoms with van der Waals surface area (Å²) in [6.45, 7) is 0.136. The third-order valence-electron chi connectivity index (χ3n) is 3.17. The molecule has 3 rings (SSSR count). The van der Waals surface area contributed by atoms with Gasteiger partial charge in [0, 0.05) is 4.47 Å². The number of nitrogens with one attached hydrogen (secondary N) is 1. The number of halogens is 1. The van der Waals surface area contributed by atoms with Crippen molar-refractivity contribution in [1.82, 2.24) is 9.71 Å². The largest absolute Gasteiger partial charge is 0.495 e. The number of nitrogens with zero attached hydrogens (tertiary/aromatic N) is 1. The fraction of sp³-hybridized carbons (Fsp3) is 0.133. The monoisotopic (exact) mass is 412 g/mol. The van der Waals surface area contributed by atoms with Gasteiger partial charge in [-0.15, -0.1) is 11.3 Å². The molecule has 0 saturated carbocycles. The first kappa shape index (κ1) is 16.4. The quantitative estimate of drug-likeness (QED) is 0.695. The average molecular weight is 413 g/mol. The molecule has 0 bridgehead atoms. The molecule has 120 valence electrons. The van der Waals surface area contributed by atoms with Crippen molar-refractivity contribution in [3.63, 3.8) is 0 Å². The van der Waals surface area contributed by atoms with Crippen LogP contribution in [0.15, 0.2) is 51.8 Å². The smallest absolute Gasteiger partial charge is 0.244 e. The van der Waals surface area contributed by atoms with E-state index in [1.165, 1.54) is 24.5 Å². The molecule has 3 aromatic rings. The molecule has 0 radical (unpaired) electrons. The Morgan fingerprint density at radius 1 is 1.26 bits per heavy atom. The van der Waals surface area contributed by atoms with Gasteiger partial charge in [-0.1, -0.05) is 28.1 Å². The summed E-state index contributed by atoms with van der Waals surface area (Å²) in [7, 11) is -2.26. The molecule has 0 amide bonds. The van der Waals surface area contributed by atoms with Crippen LogP contribution >= 0.6 is 27.3 Å². The maximum absolute atomic E-state index is 12.5. The van der Waals surface area contributed by atoms with E-state index in [1.807, 2.05) is 24.3 Å². The van der Waals surface area contributed by atoms with Gasteiger partial charge in [-0.05, 0) is 30.3 Å². The highest BCUT2D eigenvalue weighted by Crippen LogP contribution is 2.28. The summed E-state index contributed by atoms with van der Waals surface area (Å²) in [5, 5.41) is 0.712. The molecule has 8 heteroatoms. The molecule has 0 aliphatic heterocycles. The van der Waals surface area contributed by atoms with Gasteiger partial charge in [0.25, 0.3) is 0 Å². The van der Waals surface area contributed by atoms with Crippen molar-refractivity contribution < 1.29 is 13.2 Å². The topological polar surface area (TPSA) is 68.3 Å². The summed E-state index contributed by atoms with van der Waals surface area (Å²) in [4.78, 5) is 4.51. The summed E-state index contributed by atoms with van der Waals surface area (Å²) < 4.78 is 34.4. The van der Waals surface area contributed by atoms with Crippen molar-refractivity contribution >= 4 is 47.5 Å². The van der Waals surface area contributed by atoms with Gasteiger partial charge in [0.15, 0.2) is 0 Å². The van der Waals surface area contributed by atoms with Crippen LogP contribution in [0.5, 0.6) is 5.75 Å². The molecule has 1 aromatic heterocycles. The van der Waals surface area contributed by atoms with Crippen molar-refractivity contribution in [2.75, 3.05) is 7.11 Å². The van der Waals surface area contributed by atoms with E-state index in [1.54, 1.807) is 12.1 Å². The zero-order valence-corrected chi connectivity index (χ0v) is 15.3. The number of hydrogen-bond acceptors (Lipinski definition) is 5. The summed E-state index contributed by atoms with van der Waals surface area (Å²) >= 11 is 4.75. The second-order valence-electron chi connectivity index (χ2n) is 4.70. The first-order valence-corrected chi connectivity index (χ1v) is 9.76. The second-order valence-corrected chi connectivity index (χ2v) is 8.46. The van der Waals surface area contributed by atoms with Crippen LogP contribution in [0.25, 0.3) is 10.2 Å². The van der Waals surface area contributed by atoms with E-state index in [4.69, 9.17) is 4.74 Å². The normalized spacial score (nSPS) is 11.7. The molecule has 1 heterocycles. The van der Waals surface area contributed by atoms with Crippen LogP contribution in [-0.4, -0.2) is 20.5 Å². The second kappa shape index (κ2) is 6.56. The van der Waals surface area contributed by atoms with Gasteiger partial charge in [0.05, 0.1) is 23.9 Å². The number of aromatic nitrogens is 1. The Bertz CT molecular complexity index is 921. The average Bonchev–Trinajstić information content (AvgIpc) is 2.96. The summed E-state index contributed by atoms with van der Waals surface area (Å²) in [6.07, 6.45) is 0. The van der Waals surface area contributed by atoms with Gasteiger partial charge in [-0.3, -0.25) is 0 Å². The molecule has 0 atom stereocenters. The third kappa shape index (κ3) is 3.55. The van der Waals surface area contributed by atoms with Crippen LogP contribution in [0.2, 0.25) is 0 Å². The lowest BCUT2D eigenvalue weighted by molar-refractivity contribution is 0.402. The molecule has 1 N–H and O–H groups in total. The number of sulfonamides is 1. The number of rotatable bonds is 5. The van der Waals surface area contributed by atoms with Gasteiger partial charge in [-0.2, -0.15) is 0 Å². The SMILES string of the molecule is COc1ccc(Br)cc1S(=O)(=O)NCc1nc2ccccc2s1. The minimum absolute atomic E-state index is 0.0930. The predicted octanol–water partition coefficient (Wildman–Crippen LogP) is 3.55. The van der Waals surface area contributed by atoms with Crippen molar-refractivity contribution in [2.24, 2.45) is 0 Å². The molecule has 0 aliphatic rings. The van der Waals surface area contributed by atoms with Crippen LogP contribution in [0.3, 0.4) is 0 Å². The number of para-hydroxylation sites is 1.